The van der Waals surface area contributed by atoms with E-state index in [0.29, 0.717) is 17.0 Å². The van der Waals surface area contributed by atoms with Gasteiger partial charge in [-0.2, -0.15) is 13.2 Å². The summed E-state index contributed by atoms with van der Waals surface area (Å²) in [5.74, 6) is -0.448. The average molecular weight is 322 g/mol. The number of alkyl halides is 3. The van der Waals surface area contributed by atoms with Gasteiger partial charge in [0.25, 0.3) is 0 Å². The molecule has 2 aromatic rings. The maximum Gasteiger partial charge on any atom is 0.416 e. The fourth-order valence-electron chi connectivity index (χ4n) is 2.30. The summed E-state index contributed by atoms with van der Waals surface area (Å²) in [6.45, 7) is 4.10. The highest BCUT2D eigenvalue weighted by atomic mass is 19.4. The fraction of sp³-hybridized carbons (Fsp3) is 0.278. The van der Waals surface area contributed by atoms with Crippen LogP contribution in [0.25, 0.3) is 11.1 Å². The van der Waals surface area contributed by atoms with Crippen LogP contribution >= 0.6 is 0 Å². The molecule has 122 valence electrons. The monoisotopic (exact) mass is 322 g/mol. The van der Waals surface area contributed by atoms with E-state index in [2.05, 4.69) is 4.74 Å². The molecule has 0 aliphatic rings. The summed E-state index contributed by atoms with van der Waals surface area (Å²) in [4.78, 5) is 11.9. The van der Waals surface area contributed by atoms with Crippen molar-refractivity contribution in [2.75, 3.05) is 7.11 Å². The largest absolute Gasteiger partial charge is 0.465 e. The van der Waals surface area contributed by atoms with Crippen LogP contribution in [-0.2, 0) is 10.9 Å². The van der Waals surface area contributed by atoms with Crippen molar-refractivity contribution in [1.82, 2.24) is 0 Å². The first-order chi connectivity index (χ1) is 10.7. The Kier molecular flexibility index (Phi) is 4.78. The lowest BCUT2D eigenvalue weighted by Gasteiger charge is -2.13. The number of esters is 1. The van der Waals surface area contributed by atoms with E-state index in [9.17, 15) is 18.0 Å². The third-order valence-electron chi connectivity index (χ3n) is 3.64. The van der Waals surface area contributed by atoms with Gasteiger partial charge >= 0.3 is 12.1 Å². The maximum atomic E-state index is 12.9. The van der Waals surface area contributed by atoms with E-state index in [4.69, 9.17) is 0 Å². The molecule has 0 saturated carbocycles. The van der Waals surface area contributed by atoms with E-state index in [0.717, 1.165) is 24.8 Å². The first-order valence-corrected chi connectivity index (χ1v) is 7.14. The molecule has 0 atom stereocenters. The molecular weight excluding hydrogens is 305 g/mol. The van der Waals surface area contributed by atoms with Gasteiger partial charge in [0, 0.05) is 0 Å². The van der Waals surface area contributed by atoms with Crippen LogP contribution in [0.1, 0.15) is 41.3 Å². The SMILES string of the molecule is COC(=O)c1cc(C(F)(F)F)ccc1-c1ccc(C(C)C)cc1. The van der Waals surface area contributed by atoms with Crippen molar-refractivity contribution in [2.24, 2.45) is 0 Å². The van der Waals surface area contributed by atoms with Gasteiger partial charge in [-0.05, 0) is 34.7 Å². The van der Waals surface area contributed by atoms with Crippen molar-refractivity contribution in [3.63, 3.8) is 0 Å². The summed E-state index contributed by atoms with van der Waals surface area (Å²) in [5.41, 5.74) is 1.23. The number of carbonyl (C=O) groups is 1. The zero-order chi connectivity index (χ0) is 17.2. The molecule has 0 saturated heterocycles. The van der Waals surface area contributed by atoms with Crippen LogP contribution in [0, 0.1) is 0 Å². The molecule has 2 aromatic carbocycles. The zero-order valence-electron chi connectivity index (χ0n) is 13.1. The molecule has 0 aromatic heterocycles. The summed E-state index contributed by atoms with van der Waals surface area (Å²) in [6, 6.07) is 10.5. The highest BCUT2D eigenvalue weighted by molar-refractivity contribution is 5.97. The van der Waals surface area contributed by atoms with E-state index in [-0.39, 0.29) is 5.56 Å². The Morgan fingerprint density at radius 3 is 2.13 bits per heavy atom. The predicted molar refractivity (Wildman–Crippen MR) is 82.3 cm³/mol. The summed E-state index contributed by atoms with van der Waals surface area (Å²) in [5, 5.41) is 0. The van der Waals surface area contributed by atoms with Crippen molar-refractivity contribution in [3.05, 3.63) is 59.2 Å². The summed E-state index contributed by atoms with van der Waals surface area (Å²) in [6.07, 6.45) is -4.51. The van der Waals surface area contributed by atoms with Crippen LogP contribution < -0.4 is 0 Å². The number of carbonyl (C=O) groups excluding carboxylic acids is 1. The first-order valence-electron chi connectivity index (χ1n) is 7.14. The van der Waals surface area contributed by atoms with Crippen LogP contribution in [0.3, 0.4) is 0 Å². The Balaban J connectivity index is 2.55. The third kappa shape index (κ3) is 3.73. The fourth-order valence-corrected chi connectivity index (χ4v) is 2.30. The minimum Gasteiger partial charge on any atom is -0.465 e. The van der Waals surface area contributed by atoms with Crippen LogP contribution in [0.5, 0.6) is 0 Å². The summed E-state index contributed by atoms with van der Waals surface area (Å²) in [7, 11) is 1.15. The Morgan fingerprint density at radius 1 is 1.04 bits per heavy atom. The van der Waals surface area contributed by atoms with Crippen molar-refractivity contribution in [3.8, 4) is 11.1 Å². The highest BCUT2D eigenvalue weighted by Gasteiger charge is 2.32. The molecule has 5 heteroatoms. The number of hydrogen-bond acceptors (Lipinski definition) is 2. The Bertz CT molecular complexity index is 701. The first kappa shape index (κ1) is 17.1. The lowest BCUT2D eigenvalue weighted by molar-refractivity contribution is -0.137. The molecule has 0 aliphatic carbocycles. The zero-order valence-corrected chi connectivity index (χ0v) is 13.1. The molecule has 23 heavy (non-hydrogen) atoms. The molecule has 0 unspecified atom stereocenters. The Labute approximate surface area is 132 Å². The Hall–Kier alpha value is -2.30. The molecule has 0 N–H and O–H groups in total. The van der Waals surface area contributed by atoms with Crippen molar-refractivity contribution >= 4 is 5.97 Å². The molecule has 0 fully saturated rings. The quantitative estimate of drug-likeness (QED) is 0.718. The second-order valence-electron chi connectivity index (χ2n) is 5.53. The number of hydrogen-bond donors (Lipinski definition) is 0. The van der Waals surface area contributed by atoms with E-state index >= 15 is 0 Å². The van der Waals surface area contributed by atoms with Crippen LogP contribution in [0.4, 0.5) is 13.2 Å². The minimum absolute atomic E-state index is 0.0976. The van der Waals surface area contributed by atoms with Gasteiger partial charge in [-0.15, -0.1) is 0 Å². The second-order valence-corrected chi connectivity index (χ2v) is 5.53. The van der Waals surface area contributed by atoms with Gasteiger partial charge in [-0.1, -0.05) is 44.2 Å². The van der Waals surface area contributed by atoms with Gasteiger partial charge in [-0.3, -0.25) is 0 Å². The molecule has 0 bridgehead atoms. The van der Waals surface area contributed by atoms with E-state index < -0.39 is 17.7 Å². The molecule has 2 rings (SSSR count). The molecule has 0 radical (unpaired) electrons. The van der Waals surface area contributed by atoms with Crippen LogP contribution in [0.2, 0.25) is 0 Å². The number of halogens is 3. The smallest absolute Gasteiger partial charge is 0.416 e. The predicted octanol–water partition coefficient (Wildman–Crippen LogP) is 5.28. The second kappa shape index (κ2) is 6.44. The summed E-state index contributed by atoms with van der Waals surface area (Å²) >= 11 is 0. The standard InChI is InChI=1S/C18H17F3O2/c1-11(2)12-4-6-13(7-5-12)15-9-8-14(18(19,20)21)10-16(15)17(22)23-3/h4-11H,1-3H3. The van der Waals surface area contributed by atoms with Gasteiger partial charge in [0.15, 0.2) is 0 Å². The third-order valence-corrected chi connectivity index (χ3v) is 3.64. The van der Waals surface area contributed by atoms with Gasteiger partial charge in [0.1, 0.15) is 0 Å². The number of benzene rings is 2. The normalized spacial score (nSPS) is 11.6. The average Bonchev–Trinajstić information content (AvgIpc) is 2.52. The Morgan fingerprint density at radius 2 is 1.65 bits per heavy atom. The van der Waals surface area contributed by atoms with Gasteiger partial charge in [0.05, 0.1) is 18.2 Å². The highest BCUT2D eigenvalue weighted by Crippen LogP contribution is 2.34. The van der Waals surface area contributed by atoms with Crippen molar-refractivity contribution in [2.45, 2.75) is 25.9 Å². The van der Waals surface area contributed by atoms with Gasteiger partial charge < -0.3 is 4.74 Å². The van der Waals surface area contributed by atoms with Crippen LogP contribution in [0.15, 0.2) is 42.5 Å². The van der Waals surface area contributed by atoms with E-state index in [1.165, 1.54) is 6.07 Å². The number of methoxy groups -OCH3 is 1. The van der Waals surface area contributed by atoms with Crippen LogP contribution in [-0.4, -0.2) is 13.1 Å². The summed E-state index contributed by atoms with van der Waals surface area (Å²) < 4.78 is 43.2. The van der Waals surface area contributed by atoms with E-state index in [1.807, 2.05) is 26.0 Å². The van der Waals surface area contributed by atoms with Crippen molar-refractivity contribution in [1.29, 1.82) is 0 Å². The van der Waals surface area contributed by atoms with Gasteiger partial charge in [0.2, 0.25) is 0 Å². The molecule has 0 aliphatic heterocycles. The molecule has 0 amide bonds. The lowest BCUT2D eigenvalue weighted by atomic mass is 9.94. The minimum atomic E-state index is -4.51. The number of ether oxygens (including phenoxy) is 1. The van der Waals surface area contributed by atoms with Gasteiger partial charge in [-0.25, -0.2) is 4.79 Å². The maximum absolute atomic E-state index is 12.9. The lowest BCUT2D eigenvalue weighted by Crippen LogP contribution is -2.10. The molecule has 0 heterocycles. The molecule has 0 spiro atoms. The number of rotatable bonds is 3. The van der Waals surface area contributed by atoms with Crippen molar-refractivity contribution < 1.29 is 22.7 Å². The van der Waals surface area contributed by atoms with E-state index in [1.54, 1.807) is 12.1 Å². The topological polar surface area (TPSA) is 26.3 Å². The molecule has 2 nitrogen and oxygen atoms in total. The molecular formula is C18H17F3O2.